The molecule has 2 aromatic carbocycles. The Morgan fingerprint density at radius 3 is 1.97 bits per heavy atom. The third-order valence-corrected chi connectivity index (χ3v) is 6.67. The molecule has 0 aliphatic carbocycles. The van der Waals surface area contributed by atoms with Gasteiger partial charge in [-0.1, -0.05) is 43.5 Å². The van der Waals surface area contributed by atoms with E-state index in [0.29, 0.717) is 28.5 Å². The molecular weight excluding hydrogens is 448 g/mol. The Bertz CT molecular complexity index is 1830. The molecule has 0 saturated carbocycles. The number of benzene rings is 2. The van der Waals surface area contributed by atoms with Crippen molar-refractivity contribution in [3.05, 3.63) is 94.9 Å². The second-order valence-corrected chi connectivity index (χ2v) is 8.61. The van der Waals surface area contributed by atoms with Crippen molar-refractivity contribution in [3.8, 4) is 33.9 Å². The normalized spacial score (nSPS) is 14.4. The maximum absolute atomic E-state index is 13.4. The summed E-state index contributed by atoms with van der Waals surface area (Å²) in [5.41, 5.74) is 5.84. The Hall–Kier alpha value is -4.84. The summed E-state index contributed by atoms with van der Waals surface area (Å²) in [6.45, 7) is 11.4. The van der Waals surface area contributed by atoms with Gasteiger partial charge in [0.2, 0.25) is 0 Å². The van der Waals surface area contributed by atoms with E-state index in [1.807, 2.05) is 68.5 Å². The van der Waals surface area contributed by atoms with Crippen molar-refractivity contribution in [2.24, 2.45) is 0 Å². The summed E-state index contributed by atoms with van der Waals surface area (Å²) in [6.07, 6.45) is 10.8. The van der Waals surface area contributed by atoms with Crippen molar-refractivity contribution in [2.45, 2.75) is 13.8 Å². The van der Waals surface area contributed by atoms with Crippen LogP contribution in [0.4, 0.5) is 0 Å². The van der Waals surface area contributed by atoms with E-state index in [1.165, 1.54) is 0 Å². The van der Waals surface area contributed by atoms with Gasteiger partial charge in [-0.25, -0.2) is 9.97 Å². The summed E-state index contributed by atoms with van der Waals surface area (Å²) in [5.74, 6) is 0.991. The van der Waals surface area contributed by atoms with Crippen LogP contribution < -0.4 is 10.7 Å². The SMILES string of the molecule is C=C/C=c1\c(=C/C)nc2n1C(=O)c1cc(-c3ccc4c(c3)C(=O)n3c-4nc(/C=C\C)c3C=C)ccc1-2. The molecule has 36 heavy (non-hydrogen) atoms. The fraction of sp³-hybridized carbons (Fsp3) is 0.0667. The predicted molar refractivity (Wildman–Crippen MR) is 143 cm³/mol. The minimum absolute atomic E-state index is 0.125. The standard InChI is InChI=1S/C30H22N4O2/c1-5-9-24-25(8-4)33-28(32-24)20-14-12-17(15-21(20)29(33)35)18-11-13-19-22(16-18)30(36)34-26(10-6-2)23(7-3)31-27(19)34/h5-16H,2,4H2,1,3H3/b9-5-,23-7+,26-10+. The number of carbonyl (C=O) groups is 2. The summed E-state index contributed by atoms with van der Waals surface area (Å²) >= 11 is 0. The smallest absolute Gasteiger partial charge is 0.264 e. The highest BCUT2D eigenvalue weighted by Gasteiger charge is 2.32. The van der Waals surface area contributed by atoms with Gasteiger partial charge in [0.25, 0.3) is 11.8 Å². The molecule has 0 amide bonds. The van der Waals surface area contributed by atoms with Gasteiger partial charge >= 0.3 is 0 Å². The Balaban J connectivity index is 1.45. The minimum Gasteiger partial charge on any atom is -0.268 e. The van der Waals surface area contributed by atoms with Crippen LogP contribution in [0.15, 0.2) is 61.7 Å². The van der Waals surface area contributed by atoms with Crippen molar-refractivity contribution in [3.63, 3.8) is 0 Å². The number of nitrogens with zero attached hydrogens (tertiary/aromatic N) is 4. The van der Waals surface area contributed by atoms with Crippen molar-refractivity contribution in [1.82, 2.24) is 19.1 Å². The second-order valence-electron chi connectivity index (χ2n) is 8.61. The molecule has 6 nitrogen and oxygen atoms in total. The van der Waals surface area contributed by atoms with Crippen molar-refractivity contribution < 1.29 is 9.59 Å². The molecule has 0 bridgehead atoms. The maximum atomic E-state index is 13.4. The van der Waals surface area contributed by atoms with Crippen LogP contribution in [0.1, 0.15) is 46.0 Å². The molecule has 0 radical (unpaired) electrons. The lowest BCUT2D eigenvalue weighted by atomic mass is 9.96. The van der Waals surface area contributed by atoms with Gasteiger partial charge in [0.15, 0.2) is 0 Å². The highest BCUT2D eigenvalue weighted by molar-refractivity contribution is 6.11. The van der Waals surface area contributed by atoms with Crippen LogP contribution in [0.3, 0.4) is 0 Å². The molecule has 2 aromatic heterocycles. The van der Waals surface area contributed by atoms with Crippen LogP contribution in [-0.4, -0.2) is 30.9 Å². The first kappa shape index (κ1) is 21.7. The predicted octanol–water partition coefficient (Wildman–Crippen LogP) is 4.53. The topological polar surface area (TPSA) is 69.8 Å². The molecule has 2 aliphatic rings. The van der Waals surface area contributed by atoms with Crippen LogP contribution in [0.25, 0.3) is 58.2 Å². The van der Waals surface area contributed by atoms with Crippen LogP contribution >= 0.6 is 0 Å². The van der Waals surface area contributed by atoms with Gasteiger partial charge in [-0.05, 0) is 67.5 Å². The summed E-state index contributed by atoms with van der Waals surface area (Å²) in [6, 6.07) is 11.5. The fourth-order valence-electron chi connectivity index (χ4n) is 5.07. The Kier molecular flexibility index (Phi) is 4.73. The van der Waals surface area contributed by atoms with E-state index in [2.05, 4.69) is 23.1 Å². The molecule has 0 unspecified atom stereocenters. The van der Waals surface area contributed by atoms with Gasteiger partial charge < -0.3 is 0 Å². The molecule has 2 aliphatic heterocycles. The van der Waals surface area contributed by atoms with E-state index in [-0.39, 0.29) is 11.8 Å². The van der Waals surface area contributed by atoms with Crippen molar-refractivity contribution in [2.75, 3.05) is 0 Å². The number of aromatic nitrogens is 4. The third kappa shape index (κ3) is 2.78. The molecule has 174 valence electrons. The van der Waals surface area contributed by atoms with E-state index in [9.17, 15) is 9.59 Å². The van der Waals surface area contributed by atoms with Crippen LogP contribution in [0.2, 0.25) is 0 Å². The summed E-state index contributed by atoms with van der Waals surface area (Å²) in [5, 5.41) is 1.47. The lowest BCUT2D eigenvalue weighted by Crippen LogP contribution is -2.32. The number of hydrogen-bond acceptors (Lipinski definition) is 4. The van der Waals surface area contributed by atoms with E-state index >= 15 is 0 Å². The number of hydrogen-bond donors (Lipinski definition) is 0. The third-order valence-electron chi connectivity index (χ3n) is 6.67. The number of carbonyl (C=O) groups excluding carboxylic acids is 2. The summed E-state index contributed by atoms with van der Waals surface area (Å²) < 4.78 is 3.25. The van der Waals surface area contributed by atoms with Gasteiger partial charge in [0.1, 0.15) is 11.6 Å². The van der Waals surface area contributed by atoms with E-state index in [1.54, 1.807) is 27.4 Å². The van der Waals surface area contributed by atoms with Gasteiger partial charge in [0.05, 0.1) is 33.2 Å². The quantitative estimate of drug-likeness (QED) is 0.380. The first-order valence-electron chi connectivity index (χ1n) is 11.7. The molecule has 0 N–H and O–H groups in total. The van der Waals surface area contributed by atoms with Crippen molar-refractivity contribution in [1.29, 1.82) is 0 Å². The summed E-state index contributed by atoms with van der Waals surface area (Å²) in [7, 11) is 0. The monoisotopic (exact) mass is 470 g/mol. The molecule has 6 heteroatoms. The zero-order valence-corrected chi connectivity index (χ0v) is 19.9. The largest absolute Gasteiger partial charge is 0.268 e. The zero-order valence-electron chi connectivity index (χ0n) is 19.9. The first-order chi connectivity index (χ1) is 17.5. The molecule has 0 saturated heterocycles. The molecule has 0 atom stereocenters. The van der Waals surface area contributed by atoms with Gasteiger partial charge in [-0.3, -0.25) is 18.7 Å². The lowest BCUT2D eigenvalue weighted by Gasteiger charge is -2.07. The van der Waals surface area contributed by atoms with Gasteiger partial charge in [-0.2, -0.15) is 0 Å². The lowest BCUT2D eigenvalue weighted by molar-refractivity contribution is 0.0959. The Morgan fingerprint density at radius 1 is 0.806 bits per heavy atom. The summed E-state index contributed by atoms with van der Waals surface area (Å²) in [4.78, 5) is 36.1. The van der Waals surface area contributed by atoms with Crippen LogP contribution in [-0.2, 0) is 0 Å². The Morgan fingerprint density at radius 2 is 1.42 bits per heavy atom. The number of imidazole rings is 2. The van der Waals surface area contributed by atoms with Gasteiger partial charge in [-0.15, -0.1) is 0 Å². The van der Waals surface area contributed by atoms with E-state index in [0.717, 1.165) is 38.6 Å². The highest BCUT2D eigenvalue weighted by atomic mass is 16.2. The Labute approximate surface area is 207 Å². The molecule has 4 heterocycles. The maximum Gasteiger partial charge on any atom is 0.264 e. The molecule has 0 fully saturated rings. The van der Waals surface area contributed by atoms with Crippen LogP contribution in [0, 0.1) is 0 Å². The fourth-order valence-corrected chi connectivity index (χ4v) is 5.07. The zero-order chi connectivity index (χ0) is 25.1. The number of fused-ring (bicyclic) bond motifs is 6. The minimum atomic E-state index is -0.134. The van der Waals surface area contributed by atoms with E-state index < -0.39 is 0 Å². The molecule has 4 aromatic rings. The van der Waals surface area contributed by atoms with E-state index in [4.69, 9.17) is 0 Å². The first-order valence-corrected chi connectivity index (χ1v) is 11.7. The average molecular weight is 471 g/mol. The second kappa shape index (κ2) is 7.85. The van der Waals surface area contributed by atoms with Gasteiger partial charge in [0, 0.05) is 11.1 Å². The highest BCUT2D eigenvalue weighted by Crippen LogP contribution is 2.38. The van der Waals surface area contributed by atoms with Crippen molar-refractivity contribution >= 4 is 36.1 Å². The molecule has 0 spiro atoms. The molecule has 6 rings (SSSR count). The molecular formula is C30H22N4O2. The average Bonchev–Trinajstić information content (AvgIpc) is 3.59. The van der Waals surface area contributed by atoms with Crippen LogP contribution in [0.5, 0.6) is 0 Å². The number of allylic oxidation sites excluding steroid dienone is 2. The number of rotatable bonds is 4.